The molecule has 1 aromatic carbocycles. The zero-order valence-corrected chi connectivity index (χ0v) is 14.2. The summed E-state index contributed by atoms with van der Waals surface area (Å²) in [5.74, 6) is -2.52. The first-order valence-electron chi connectivity index (χ1n) is 8.17. The molecule has 1 heterocycles. The highest BCUT2D eigenvalue weighted by molar-refractivity contribution is 6.03. The summed E-state index contributed by atoms with van der Waals surface area (Å²) in [7, 11) is 0. The van der Waals surface area contributed by atoms with Crippen LogP contribution in [-0.2, 0) is 25.5 Å². The molecular weight excluding hydrogens is 310 g/mol. The topological polar surface area (TPSA) is 83.9 Å². The van der Waals surface area contributed by atoms with Crippen molar-refractivity contribution in [1.29, 1.82) is 0 Å². The minimum Gasteiger partial charge on any atom is -0.480 e. The van der Waals surface area contributed by atoms with Crippen molar-refractivity contribution in [1.82, 2.24) is 0 Å². The Balaban J connectivity index is 2.17. The third-order valence-corrected chi connectivity index (χ3v) is 4.32. The van der Waals surface area contributed by atoms with E-state index in [4.69, 9.17) is 4.74 Å². The minimum atomic E-state index is -1.02. The monoisotopic (exact) mass is 333 g/mol. The molecule has 0 aliphatic carbocycles. The van der Waals surface area contributed by atoms with E-state index in [2.05, 4.69) is 0 Å². The second-order valence-corrected chi connectivity index (χ2v) is 6.18. The third-order valence-electron chi connectivity index (χ3n) is 4.32. The summed E-state index contributed by atoms with van der Waals surface area (Å²) in [6, 6.07) is 6.32. The molecule has 6 nitrogen and oxygen atoms in total. The predicted octanol–water partition coefficient (Wildman–Crippen LogP) is 2.25. The maximum atomic E-state index is 12.8. The SMILES string of the molecule is CCOC(=O)[C@H](C)CC(C)C(=O)N1c2ccccc2C[C@H]1C(=O)O. The molecule has 1 aliphatic heterocycles. The van der Waals surface area contributed by atoms with Crippen molar-refractivity contribution >= 4 is 23.5 Å². The minimum absolute atomic E-state index is 0.275. The number of para-hydroxylation sites is 1. The van der Waals surface area contributed by atoms with Crippen molar-refractivity contribution in [2.24, 2.45) is 11.8 Å². The summed E-state index contributed by atoms with van der Waals surface area (Å²) in [4.78, 5) is 37.5. The quantitative estimate of drug-likeness (QED) is 0.807. The number of amides is 1. The zero-order valence-electron chi connectivity index (χ0n) is 14.2. The fraction of sp³-hybridized carbons (Fsp3) is 0.500. The van der Waals surface area contributed by atoms with Gasteiger partial charge < -0.3 is 9.84 Å². The molecule has 1 aromatic rings. The van der Waals surface area contributed by atoms with Gasteiger partial charge in [0.15, 0.2) is 0 Å². The number of aliphatic carboxylic acids is 1. The van der Waals surface area contributed by atoms with Gasteiger partial charge in [-0.05, 0) is 25.0 Å². The maximum Gasteiger partial charge on any atom is 0.327 e. The molecule has 1 amide bonds. The van der Waals surface area contributed by atoms with Gasteiger partial charge in [0.2, 0.25) is 5.91 Å². The molecule has 0 radical (unpaired) electrons. The van der Waals surface area contributed by atoms with Gasteiger partial charge in [0.1, 0.15) is 6.04 Å². The average molecular weight is 333 g/mol. The first-order chi connectivity index (χ1) is 11.4. The zero-order chi connectivity index (χ0) is 17.9. The fourth-order valence-corrected chi connectivity index (χ4v) is 3.11. The van der Waals surface area contributed by atoms with E-state index in [0.717, 1.165) is 5.56 Å². The number of benzene rings is 1. The van der Waals surface area contributed by atoms with Crippen LogP contribution in [0.4, 0.5) is 5.69 Å². The smallest absolute Gasteiger partial charge is 0.327 e. The Morgan fingerprint density at radius 1 is 1.25 bits per heavy atom. The van der Waals surface area contributed by atoms with Crippen molar-refractivity contribution in [2.45, 2.75) is 39.7 Å². The molecule has 3 atom stereocenters. The molecule has 0 aromatic heterocycles. The summed E-state index contributed by atoms with van der Waals surface area (Å²) < 4.78 is 4.97. The van der Waals surface area contributed by atoms with Crippen molar-refractivity contribution in [3.8, 4) is 0 Å². The Kier molecular flexibility index (Phi) is 5.59. The van der Waals surface area contributed by atoms with Crippen LogP contribution >= 0.6 is 0 Å². The average Bonchev–Trinajstić information content (AvgIpc) is 2.93. The van der Waals surface area contributed by atoms with Crippen LogP contribution in [0.25, 0.3) is 0 Å². The highest BCUT2D eigenvalue weighted by atomic mass is 16.5. The molecule has 1 aliphatic rings. The molecular formula is C18H23NO5. The van der Waals surface area contributed by atoms with Crippen LogP contribution in [0, 0.1) is 11.8 Å². The van der Waals surface area contributed by atoms with Crippen molar-refractivity contribution in [2.75, 3.05) is 11.5 Å². The lowest BCUT2D eigenvalue weighted by Crippen LogP contribution is -2.45. The number of anilines is 1. The van der Waals surface area contributed by atoms with E-state index >= 15 is 0 Å². The van der Waals surface area contributed by atoms with Crippen molar-refractivity contribution in [3.63, 3.8) is 0 Å². The van der Waals surface area contributed by atoms with E-state index in [9.17, 15) is 19.5 Å². The normalized spacial score (nSPS) is 18.6. The van der Waals surface area contributed by atoms with Gasteiger partial charge >= 0.3 is 11.9 Å². The second-order valence-electron chi connectivity index (χ2n) is 6.18. The summed E-state index contributed by atoms with van der Waals surface area (Å²) >= 11 is 0. The van der Waals surface area contributed by atoms with Crippen molar-refractivity contribution in [3.05, 3.63) is 29.8 Å². The molecule has 0 fully saturated rings. The summed E-state index contributed by atoms with van der Waals surface area (Å²) in [6.07, 6.45) is 0.625. The lowest BCUT2D eigenvalue weighted by molar-refractivity contribution is -0.148. The molecule has 6 heteroatoms. The Bertz CT molecular complexity index is 642. The number of ether oxygens (including phenoxy) is 1. The molecule has 130 valence electrons. The molecule has 0 spiro atoms. The third kappa shape index (κ3) is 3.58. The first-order valence-corrected chi connectivity index (χ1v) is 8.17. The van der Waals surface area contributed by atoms with Gasteiger partial charge in [-0.25, -0.2) is 4.79 Å². The van der Waals surface area contributed by atoms with Crippen LogP contribution in [0.5, 0.6) is 0 Å². The van der Waals surface area contributed by atoms with Crippen LogP contribution in [0.1, 0.15) is 32.8 Å². The summed E-state index contributed by atoms with van der Waals surface area (Å²) in [6.45, 7) is 5.47. The largest absolute Gasteiger partial charge is 0.480 e. The van der Waals surface area contributed by atoms with Crippen LogP contribution in [0.3, 0.4) is 0 Å². The number of hydrogen-bond donors (Lipinski definition) is 1. The van der Waals surface area contributed by atoms with E-state index in [1.54, 1.807) is 32.9 Å². The van der Waals surface area contributed by atoms with E-state index in [1.807, 2.05) is 12.1 Å². The van der Waals surface area contributed by atoms with Crippen LogP contribution in [0.2, 0.25) is 0 Å². The number of carbonyl (C=O) groups excluding carboxylic acids is 2. The number of rotatable bonds is 6. The van der Waals surface area contributed by atoms with Gasteiger partial charge in [0.25, 0.3) is 0 Å². The van der Waals surface area contributed by atoms with E-state index in [0.29, 0.717) is 25.1 Å². The number of nitrogens with zero attached hydrogens (tertiary/aromatic N) is 1. The van der Waals surface area contributed by atoms with Crippen LogP contribution in [-0.4, -0.2) is 35.6 Å². The molecule has 2 rings (SSSR count). The van der Waals surface area contributed by atoms with E-state index < -0.39 is 23.8 Å². The molecule has 24 heavy (non-hydrogen) atoms. The van der Waals surface area contributed by atoms with E-state index in [1.165, 1.54) is 4.90 Å². The van der Waals surface area contributed by atoms with Gasteiger partial charge in [-0.15, -0.1) is 0 Å². The number of hydrogen-bond acceptors (Lipinski definition) is 4. The second kappa shape index (κ2) is 7.47. The summed E-state index contributed by atoms with van der Waals surface area (Å²) in [5, 5.41) is 9.46. The molecule has 1 N–H and O–H groups in total. The fourth-order valence-electron chi connectivity index (χ4n) is 3.11. The molecule has 0 bridgehead atoms. The van der Waals surface area contributed by atoms with E-state index in [-0.39, 0.29) is 11.9 Å². The lowest BCUT2D eigenvalue weighted by atomic mass is 9.95. The predicted molar refractivity (Wildman–Crippen MR) is 88.6 cm³/mol. The molecule has 0 saturated carbocycles. The number of carboxylic acid groups (broad SMARTS) is 1. The Labute approximate surface area is 141 Å². The molecule has 1 unspecified atom stereocenters. The number of esters is 1. The Morgan fingerprint density at radius 3 is 2.54 bits per heavy atom. The molecule has 0 saturated heterocycles. The highest BCUT2D eigenvalue weighted by Gasteiger charge is 2.40. The van der Waals surface area contributed by atoms with Gasteiger partial charge in [0, 0.05) is 18.0 Å². The first kappa shape index (κ1) is 18.0. The van der Waals surface area contributed by atoms with Gasteiger partial charge in [0.05, 0.1) is 12.5 Å². The maximum absolute atomic E-state index is 12.8. The van der Waals surface area contributed by atoms with Crippen LogP contribution in [0.15, 0.2) is 24.3 Å². The highest BCUT2D eigenvalue weighted by Crippen LogP contribution is 2.34. The van der Waals surface area contributed by atoms with Gasteiger partial charge in [-0.2, -0.15) is 0 Å². The van der Waals surface area contributed by atoms with Crippen LogP contribution < -0.4 is 4.90 Å². The lowest BCUT2D eigenvalue weighted by Gasteiger charge is -2.26. The number of fused-ring (bicyclic) bond motifs is 1. The Hall–Kier alpha value is -2.37. The summed E-state index contributed by atoms with van der Waals surface area (Å²) in [5.41, 5.74) is 1.49. The van der Waals surface area contributed by atoms with Crippen molar-refractivity contribution < 1.29 is 24.2 Å². The van der Waals surface area contributed by atoms with Gasteiger partial charge in [-0.1, -0.05) is 32.0 Å². The number of carbonyl (C=O) groups is 3. The number of carboxylic acids is 1. The van der Waals surface area contributed by atoms with Gasteiger partial charge in [-0.3, -0.25) is 14.5 Å². The standard InChI is InChI=1S/C18H23NO5/c1-4-24-18(23)12(3)9-11(2)16(20)19-14-8-6-5-7-13(14)10-15(19)17(21)22/h5-8,11-12,15H,4,9-10H2,1-3H3,(H,21,22)/t11?,12-,15+/m1/s1. The Morgan fingerprint density at radius 2 is 1.92 bits per heavy atom.